The highest BCUT2D eigenvalue weighted by Gasteiger charge is 2.44. The van der Waals surface area contributed by atoms with Crippen LogP contribution >= 0.6 is 12.2 Å². The van der Waals surface area contributed by atoms with Crippen LogP contribution in [0.15, 0.2) is 0 Å². The zero-order chi connectivity index (χ0) is 9.26. The van der Waals surface area contributed by atoms with Crippen LogP contribution in [0, 0.1) is 18.3 Å². The molecule has 1 aliphatic carbocycles. The molecule has 1 saturated carbocycles. The summed E-state index contributed by atoms with van der Waals surface area (Å²) < 4.78 is 0. The lowest BCUT2D eigenvalue weighted by molar-refractivity contribution is 0.325. The summed E-state index contributed by atoms with van der Waals surface area (Å²) in [4.78, 5) is 2.31. The molecule has 2 atom stereocenters. The minimum atomic E-state index is 0.548. The summed E-state index contributed by atoms with van der Waals surface area (Å²) in [6, 6.07) is 0.728. The second-order valence-corrected chi connectivity index (χ2v) is 4.15. The van der Waals surface area contributed by atoms with Gasteiger partial charge in [-0.3, -0.25) is 0 Å². The number of hydrogen-bond acceptors (Lipinski definition) is 1. The van der Waals surface area contributed by atoms with Crippen LogP contribution in [0.2, 0.25) is 0 Å². The van der Waals surface area contributed by atoms with Crippen LogP contribution < -0.4 is 5.32 Å². The largest absolute Gasteiger partial charge is 0.352 e. The number of hydrogen-bond donors (Lipinski definition) is 1. The first-order chi connectivity index (χ1) is 6.33. The molecule has 2 fully saturated rings. The Morgan fingerprint density at radius 3 is 3.31 bits per heavy atom. The van der Waals surface area contributed by atoms with Gasteiger partial charge in [0, 0.05) is 12.6 Å². The number of nitrogens with one attached hydrogen (secondary N) is 1. The molecule has 1 heterocycles. The zero-order valence-electron chi connectivity index (χ0n) is 7.62. The van der Waals surface area contributed by atoms with E-state index in [1.165, 1.54) is 19.3 Å². The van der Waals surface area contributed by atoms with Crippen molar-refractivity contribution < 1.29 is 0 Å². The highest BCUT2D eigenvalue weighted by molar-refractivity contribution is 7.80. The molecule has 0 bridgehead atoms. The van der Waals surface area contributed by atoms with Crippen molar-refractivity contribution in [3.05, 3.63) is 0 Å². The summed E-state index contributed by atoms with van der Waals surface area (Å²) >= 11 is 5.26. The van der Waals surface area contributed by atoms with E-state index < -0.39 is 0 Å². The van der Waals surface area contributed by atoms with E-state index in [4.69, 9.17) is 18.6 Å². The number of fused-ring (bicyclic) bond motifs is 1. The lowest BCUT2D eigenvalue weighted by atomic mass is 10.1. The molecule has 0 aromatic carbocycles. The molecular weight excluding hydrogens is 180 g/mol. The maximum absolute atomic E-state index is 5.26. The molecule has 0 spiro atoms. The number of thiocarbonyl (C=S) groups is 1. The van der Waals surface area contributed by atoms with Crippen LogP contribution in [0.4, 0.5) is 0 Å². The van der Waals surface area contributed by atoms with Gasteiger partial charge in [0.15, 0.2) is 5.11 Å². The Kier molecular flexibility index (Phi) is 2.41. The van der Waals surface area contributed by atoms with E-state index in [1.54, 1.807) is 0 Å². The monoisotopic (exact) mass is 194 g/mol. The van der Waals surface area contributed by atoms with Gasteiger partial charge in [0.05, 0.1) is 6.54 Å². The molecular formula is C10H14N2S. The molecule has 0 aromatic heterocycles. The molecule has 13 heavy (non-hydrogen) atoms. The fourth-order valence-electron chi connectivity index (χ4n) is 2.09. The highest BCUT2D eigenvalue weighted by atomic mass is 32.1. The van der Waals surface area contributed by atoms with Crippen molar-refractivity contribution in [3.63, 3.8) is 0 Å². The Morgan fingerprint density at radius 2 is 2.54 bits per heavy atom. The average molecular weight is 194 g/mol. The minimum Gasteiger partial charge on any atom is -0.352 e. The predicted octanol–water partition coefficient (Wildman–Crippen LogP) is 0.978. The van der Waals surface area contributed by atoms with Gasteiger partial charge in [-0.15, -0.1) is 6.42 Å². The molecule has 0 amide bonds. The van der Waals surface area contributed by atoms with Gasteiger partial charge in [0.2, 0.25) is 0 Å². The number of nitrogens with zero attached hydrogens (tertiary/aromatic N) is 1. The molecule has 0 aromatic rings. The first-order valence-electron chi connectivity index (χ1n) is 4.81. The summed E-state index contributed by atoms with van der Waals surface area (Å²) in [5, 5.41) is 3.93. The summed E-state index contributed by atoms with van der Waals surface area (Å²) in [7, 11) is 0. The van der Waals surface area contributed by atoms with Crippen molar-refractivity contribution in [2.45, 2.75) is 25.3 Å². The summed E-state index contributed by atoms with van der Waals surface area (Å²) in [5.74, 6) is 3.46. The van der Waals surface area contributed by atoms with E-state index in [0.29, 0.717) is 6.54 Å². The van der Waals surface area contributed by atoms with Crippen molar-refractivity contribution in [2.24, 2.45) is 5.92 Å². The molecule has 2 rings (SSSR count). The third-order valence-electron chi connectivity index (χ3n) is 2.86. The van der Waals surface area contributed by atoms with Crippen LogP contribution in [0.25, 0.3) is 0 Å². The molecule has 0 radical (unpaired) electrons. The SMILES string of the molecule is C#CCNC(=S)N1CCC[C@@H]2C[C@@H]21. The molecule has 3 heteroatoms. The van der Waals surface area contributed by atoms with Gasteiger partial charge in [-0.2, -0.15) is 0 Å². The Bertz CT molecular complexity index is 256. The topological polar surface area (TPSA) is 15.3 Å². The van der Waals surface area contributed by atoms with Gasteiger partial charge in [-0.1, -0.05) is 5.92 Å². The van der Waals surface area contributed by atoms with Crippen molar-refractivity contribution in [2.75, 3.05) is 13.1 Å². The lowest BCUT2D eigenvalue weighted by Crippen LogP contribution is -2.43. The van der Waals surface area contributed by atoms with Crippen molar-refractivity contribution >= 4 is 17.3 Å². The van der Waals surface area contributed by atoms with E-state index in [9.17, 15) is 0 Å². The molecule has 2 aliphatic rings. The standard InChI is InChI=1S/C10H14N2S/c1-2-5-11-10(13)12-6-3-4-8-7-9(8)12/h1,8-9H,3-7H2,(H,11,13)/t8-,9+/m1/s1. The molecule has 70 valence electrons. The van der Waals surface area contributed by atoms with Crippen LogP contribution in [-0.4, -0.2) is 29.1 Å². The minimum absolute atomic E-state index is 0.548. The van der Waals surface area contributed by atoms with Gasteiger partial charge < -0.3 is 10.2 Å². The Hall–Kier alpha value is -0.750. The normalized spacial score (nSPS) is 30.2. The van der Waals surface area contributed by atoms with Gasteiger partial charge in [-0.05, 0) is 37.4 Å². The average Bonchev–Trinajstić information content (AvgIpc) is 2.92. The Labute approximate surface area is 84.7 Å². The molecule has 2 nitrogen and oxygen atoms in total. The molecule has 1 aliphatic heterocycles. The van der Waals surface area contributed by atoms with Crippen LogP contribution in [0.3, 0.4) is 0 Å². The smallest absolute Gasteiger partial charge is 0.169 e. The number of rotatable bonds is 1. The summed E-state index contributed by atoms with van der Waals surface area (Å²) in [6.45, 7) is 1.66. The third kappa shape index (κ3) is 1.78. The predicted molar refractivity (Wildman–Crippen MR) is 57.3 cm³/mol. The summed E-state index contributed by atoms with van der Waals surface area (Å²) in [6.07, 6.45) is 9.16. The van der Waals surface area contributed by atoms with Crippen LogP contribution in [0.1, 0.15) is 19.3 Å². The Morgan fingerprint density at radius 1 is 1.69 bits per heavy atom. The van der Waals surface area contributed by atoms with Crippen molar-refractivity contribution in [3.8, 4) is 12.3 Å². The maximum atomic E-state index is 5.26. The first-order valence-corrected chi connectivity index (χ1v) is 5.21. The van der Waals surface area contributed by atoms with E-state index in [2.05, 4.69) is 16.1 Å². The van der Waals surface area contributed by atoms with Crippen LogP contribution in [-0.2, 0) is 0 Å². The first kappa shape index (κ1) is 8.83. The Balaban J connectivity index is 1.86. The molecule has 0 unspecified atom stereocenters. The summed E-state index contributed by atoms with van der Waals surface area (Å²) in [5.41, 5.74) is 0. The molecule has 1 N–H and O–H groups in total. The third-order valence-corrected chi connectivity index (χ3v) is 3.24. The number of likely N-dealkylation sites (tertiary alicyclic amines) is 1. The van der Waals surface area contributed by atoms with Gasteiger partial charge in [0.1, 0.15) is 0 Å². The zero-order valence-corrected chi connectivity index (χ0v) is 8.44. The van der Waals surface area contributed by atoms with E-state index in [-0.39, 0.29) is 0 Å². The second-order valence-electron chi connectivity index (χ2n) is 3.76. The van der Waals surface area contributed by atoms with E-state index in [0.717, 1.165) is 23.6 Å². The quantitative estimate of drug-likeness (QED) is 0.495. The lowest BCUT2D eigenvalue weighted by Gasteiger charge is -2.29. The maximum Gasteiger partial charge on any atom is 0.169 e. The van der Waals surface area contributed by atoms with Gasteiger partial charge in [-0.25, -0.2) is 0 Å². The van der Waals surface area contributed by atoms with Crippen molar-refractivity contribution in [1.29, 1.82) is 0 Å². The fourth-order valence-corrected chi connectivity index (χ4v) is 2.39. The highest BCUT2D eigenvalue weighted by Crippen LogP contribution is 2.42. The van der Waals surface area contributed by atoms with E-state index in [1.807, 2.05) is 0 Å². The second kappa shape index (κ2) is 3.55. The van der Waals surface area contributed by atoms with Gasteiger partial charge in [0.25, 0.3) is 0 Å². The van der Waals surface area contributed by atoms with Crippen molar-refractivity contribution in [1.82, 2.24) is 10.2 Å². The fraction of sp³-hybridized carbons (Fsp3) is 0.700. The van der Waals surface area contributed by atoms with E-state index >= 15 is 0 Å². The van der Waals surface area contributed by atoms with Gasteiger partial charge >= 0.3 is 0 Å². The molecule has 1 saturated heterocycles. The number of terminal acetylenes is 1. The van der Waals surface area contributed by atoms with Crippen LogP contribution in [0.5, 0.6) is 0 Å². The number of piperidine rings is 1.